The number of aliphatic hydroxyl groups is 1. The molecule has 1 saturated heterocycles. The SMILES string of the molecule is OCC1CCCCCN1Cc1cncc(F)c1. The zero-order valence-electron chi connectivity index (χ0n) is 9.98. The second-order valence-corrected chi connectivity index (χ2v) is 4.67. The molecule has 0 aromatic carbocycles. The molecule has 0 bridgehead atoms. The zero-order chi connectivity index (χ0) is 12.1. The molecule has 2 rings (SSSR count). The van der Waals surface area contributed by atoms with Gasteiger partial charge in [0.25, 0.3) is 0 Å². The summed E-state index contributed by atoms with van der Waals surface area (Å²) in [5, 5.41) is 9.39. The Morgan fingerprint density at radius 2 is 2.24 bits per heavy atom. The summed E-state index contributed by atoms with van der Waals surface area (Å²) < 4.78 is 13.1. The summed E-state index contributed by atoms with van der Waals surface area (Å²) in [5.41, 5.74) is 0.880. The molecule has 1 unspecified atom stereocenters. The van der Waals surface area contributed by atoms with E-state index in [0.29, 0.717) is 6.54 Å². The highest BCUT2D eigenvalue weighted by atomic mass is 19.1. The molecule has 1 N–H and O–H groups in total. The topological polar surface area (TPSA) is 36.4 Å². The van der Waals surface area contributed by atoms with Gasteiger partial charge in [0.05, 0.1) is 12.8 Å². The van der Waals surface area contributed by atoms with E-state index >= 15 is 0 Å². The van der Waals surface area contributed by atoms with Crippen LogP contribution in [0.15, 0.2) is 18.5 Å². The molecule has 0 radical (unpaired) electrons. The first-order valence-corrected chi connectivity index (χ1v) is 6.24. The van der Waals surface area contributed by atoms with Crippen molar-refractivity contribution in [2.45, 2.75) is 38.3 Å². The molecular weight excluding hydrogens is 219 g/mol. The van der Waals surface area contributed by atoms with Crippen molar-refractivity contribution in [1.82, 2.24) is 9.88 Å². The standard InChI is InChI=1S/C13H19FN2O/c14-12-6-11(7-15-8-12)9-16-5-3-1-2-4-13(16)10-17/h6-8,13,17H,1-5,9-10H2. The van der Waals surface area contributed by atoms with Crippen LogP contribution in [0.2, 0.25) is 0 Å². The van der Waals surface area contributed by atoms with E-state index in [1.807, 2.05) is 0 Å². The molecule has 0 amide bonds. The predicted octanol–water partition coefficient (Wildman–Crippen LogP) is 1.96. The molecular formula is C13H19FN2O. The van der Waals surface area contributed by atoms with Crippen molar-refractivity contribution >= 4 is 0 Å². The molecule has 0 aliphatic carbocycles. The lowest BCUT2D eigenvalue weighted by Crippen LogP contribution is -2.36. The van der Waals surface area contributed by atoms with Crippen molar-refractivity contribution in [3.63, 3.8) is 0 Å². The van der Waals surface area contributed by atoms with Gasteiger partial charge in [0, 0.05) is 18.8 Å². The fraction of sp³-hybridized carbons (Fsp3) is 0.615. The molecule has 94 valence electrons. The van der Waals surface area contributed by atoms with Gasteiger partial charge < -0.3 is 5.11 Å². The van der Waals surface area contributed by atoms with Gasteiger partial charge in [-0.1, -0.05) is 12.8 Å². The van der Waals surface area contributed by atoms with Gasteiger partial charge in [-0.3, -0.25) is 9.88 Å². The lowest BCUT2D eigenvalue weighted by Gasteiger charge is -2.28. The molecule has 0 spiro atoms. The fourth-order valence-corrected chi connectivity index (χ4v) is 2.43. The number of halogens is 1. The second kappa shape index (κ2) is 6.07. The van der Waals surface area contributed by atoms with E-state index < -0.39 is 0 Å². The largest absolute Gasteiger partial charge is 0.395 e. The third-order valence-corrected chi connectivity index (χ3v) is 3.36. The van der Waals surface area contributed by atoms with E-state index in [2.05, 4.69) is 9.88 Å². The first kappa shape index (κ1) is 12.5. The maximum absolute atomic E-state index is 13.1. The monoisotopic (exact) mass is 238 g/mol. The van der Waals surface area contributed by atoms with Crippen molar-refractivity contribution in [2.75, 3.05) is 13.2 Å². The van der Waals surface area contributed by atoms with E-state index in [1.54, 1.807) is 6.20 Å². The highest BCUT2D eigenvalue weighted by Crippen LogP contribution is 2.18. The van der Waals surface area contributed by atoms with E-state index in [9.17, 15) is 9.50 Å². The number of nitrogens with zero attached hydrogens (tertiary/aromatic N) is 2. The molecule has 1 aromatic heterocycles. The van der Waals surface area contributed by atoms with Crippen LogP contribution in [-0.2, 0) is 6.54 Å². The first-order chi connectivity index (χ1) is 8.29. The van der Waals surface area contributed by atoms with Gasteiger partial charge in [-0.05, 0) is 31.0 Å². The van der Waals surface area contributed by atoms with Gasteiger partial charge in [-0.2, -0.15) is 0 Å². The van der Waals surface area contributed by atoms with Crippen LogP contribution >= 0.6 is 0 Å². The number of pyridine rings is 1. The number of rotatable bonds is 3. The number of aromatic nitrogens is 1. The van der Waals surface area contributed by atoms with Crippen LogP contribution in [0.5, 0.6) is 0 Å². The summed E-state index contributed by atoms with van der Waals surface area (Å²) in [6.45, 7) is 1.83. The van der Waals surface area contributed by atoms with Crippen molar-refractivity contribution < 1.29 is 9.50 Å². The summed E-state index contributed by atoms with van der Waals surface area (Å²) in [6, 6.07) is 1.73. The lowest BCUT2D eigenvalue weighted by molar-refractivity contribution is 0.118. The quantitative estimate of drug-likeness (QED) is 0.874. The summed E-state index contributed by atoms with van der Waals surface area (Å²) in [7, 11) is 0. The molecule has 1 fully saturated rings. The maximum atomic E-state index is 13.1. The van der Waals surface area contributed by atoms with Crippen LogP contribution in [0, 0.1) is 5.82 Å². The van der Waals surface area contributed by atoms with Gasteiger partial charge >= 0.3 is 0 Å². The molecule has 1 atom stereocenters. The van der Waals surface area contributed by atoms with Crippen molar-refractivity contribution in [3.05, 3.63) is 29.8 Å². The lowest BCUT2D eigenvalue weighted by atomic mass is 10.1. The van der Waals surface area contributed by atoms with Crippen LogP contribution in [0.4, 0.5) is 4.39 Å². The van der Waals surface area contributed by atoms with E-state index in [0.717, 1.165) is 24.9 Å². The molecule has 17 heavy (non-hydrogen) atoms. The molecule has 0 saturated carbocycles. The Bertz CT molecular complexity index is 359. The van der Waals surface area contributed by atoms with Gasteiger partial charge in [-0.25, -0.2) is 4.39 Å². The Morgan fingerprint density at radius 1 is 1.35 bits per heavy atom. The summed E-state index contributed by atoms with van der Waals surface area (Å²) >= 11 is 0. The van der Waals surface area contributed by atoms with E-state index in [4.69, 9.17) is 0 Å². The average Bonchev–Trinajstić information content (AvgIpc) is 2.54. The van der Waals surface area contributed by atoms with Gasteiger partial charge in [0.1, 0.15) is 5.82 Å². The zero-order valence-corrected chi connectivity index (χ0v) is 9.98. The highest BCUT2D eigenvalue weighted by Gasteiger charge is 2.20. The summed E-state index contributed by atoms with van der Waals surface area (Å²) in [5.74, 6) is -0.294. The molecule has 1 aliphatic heterocycles. The fourth-order valence-electron chi connectivity index (χ4n) is 2.43. The maximum Gasteiger partial charge on any atom is 0.141 e. The number of hydrogen-bond donors (Lipinski definition) is 1. The summed E-state index contributed by atoms with van der Waals surface area (Å²) in [6.07, 6.45) is 7.48. The van der Waals surface area contributed by atoms with Crippen LogP contribution in [0.25, 0.3) is 0 Å². The van der Waals surface area contributed by atoms with Crippen LogP contribution in [-0.4, -0.2) is 34.2 Å². The number of aliphatic hydroxyl groups excluding tert-OH is 1. The molecule has 1 aliphatic rings. The first-order valence-electron chi connectivity index (χ1n) is 6.24. The average molecular weight is 238 g/mol. The van der Waals surface area contributed by atoms with Gasteiger partial charge in [-0.15, -0.1) is 0 Å². The molecule has 3 nitrogen and oxygen atoms in total. The summed E-state index contributed by atoms with van der Waals surface area (Å²) in [4.78, 5) is 6.10. The van der Waals surface area contributed by atoms with Crippen molar-refractivity contribution in [1.29, 1.82) is 0 Å². The van der Waals surface area contributed by atoms with Crippen LogP contribution in [0.3, 0.4) is 0 Å². The minimum Gasteiger partial charge on any atom is -0.395 e. The minimum atomic E-state index is -0.294. The third kappa shape index (κ3) is 3.48. The Kier molecular flexibility index (Phi) is 4.45. The van der Waals surface area contributed by atoms with Crippen LogP contribution < -0.4 is 0 Å². The third-order valence-electron chi connectivity index (χ3n) is 3.36. The highest BCUT2D eigenvalue weighted by molar-refractivity contribution is 5.10. The Labute approximate surface area is 101 Å². The predicted molar refractivity (Wildman–Crippen MR) is 63.9 cm³/mol. The molecule has 2 heterocycles. The Balaban J connectivity index is 2.04. The molecule has 1 aromatic rings. The van der Waals surface area contributed by atoms with Gasteiger partial charge in [0.15, 0.2) is 0 Å². The Morgan fingerprint density at radius 3 is 3.00 bits per heavy atom. The second-order valence-electron chi connectivity index (χ2n) is 4.67. The number of likely N-dealkylation sites (tertiary alicyclic amines) is 1. The van der Waals surface area contributed by atoms with Crippen molar-refractivity contribution in [3.8, 4) is 0 Å². The van der Waals surface area contributed by atoms with E-state index in [1.165, 1.54) is 25.1 Å². The van der Waals surface area contributed by atoms with Crippen LogP contribution in [0.1, 0.15) is 31.2 Å². The Hall–Kier alpha value is -1.00. The number of hydrogen-bond acceptors (Lipinski definition) is 3. The van der Waals surface area contributed by atoms with Crippen molar-refractivity contribution in [2.24, 2.45) is 0 Å². The van der Waals surface area contributed by atoms with E-state index in [-0.39, 0.29) is 18.5 Å². The normalized spacial score (nSPS) is 22.4. The minimum absolute atomic E-state index is 0.183. The molecule has 4 heteroatoms. The smallest absolute Gasteiger partial charge is 0.141 e. The van der Waals surface area contributed by atoms with Gasteiger partial charge in [0.2, 0.25) is 0 Å².